The molecule has 0 spiro atoms. The highest BCUT2D eigenvalue weighted by atomic mass is 19.1. The molecule has 1 fully saturated rings. The second kappa shape index (κ2) is 11.9. The van der Waals surface area contributed by atoms with Crippen LogP contribution in [0.1, 0.15) is 30.4 Å². The van der Waals surface area contributed by atoms with Gasteiger partial charge in [-0.15, -0.1) is 0 Å². The van der Waals surface area contributed by atoms with Crippen molar-refractivity contribution in [3.63, 3.8) is 0 Å². The van der Waals surface area contributed by atoms with Crippen LogP contribution in [0.5, 0.6) is 5.75 Å². The van der Waals surface area contributed by atoms with Crippen LogP contribution >= 0.6 is 0 Å². The highest BCUT2D eigenvalue weighted by molar-refractivity contribution is 5.80. The molecule has 0 aliphatic carbocycles. The van der Waals surface area contributed by atoms with Gasteiger partial charge in [-0.1, -0.05) is 42.5 Å². The topological polar surface area (TPSA) is 87.6 Å². The van der Waals surface area contributed by atoms with Gasteiger partial charge in [-0.25, -0.2) is 9.82 Å². The number of hydrogen-bond donors (Lipinski definition) is 2. The minimum atomic E-state index is -0.265. The van der Waals surface area contributed by atoms with E-state index in [9.17, 15) is 4.39 Å². The number of hydrogen-bond acceptors (Lipinski definition) is 8. The van der Waals surface area contributed by atoms with E-state index in [2.05, 4.69) is 35.7 Å². The van der Waals surface area contributed by atoms with Crippen LogP contribution in [0, 0.1) is 5.82 Å². The van der Waals surface area contributed by atoms with Gasteiger partial charge in [-0.2, -0.15) is 20.1 Å². The Morgan fingerprint density at radius 3 is 2.46 bits per heavy atom. The van der Waals surface area contributed by atoms with Crippen LogP contribution in [0.15, 0.2) is 84.0 Å². The normalized spacial score (nSPS) is 13.5. The number of para-hydroxylation sites is 1. The van der Waals surface area contributed by atoms with Crippen molar-refractivity contribution >= 4 is 29.7 Å². The van der Waals surface area contributed by atoms with Crippen LogP contribution in [-0.4, -0.2) is 34.3 Å². The summed E-state index contributed by atoms with van der Waals surface area (Å²) in [6.45, 7) is 2.19. The molecule has 1 saturated heterocycles. The third-order valence-corrected chi connectivity index (χ3v) is 5.85. The maximum Gasteiger partial charge on any atom is 0.250 e. The van der Waals surface area contributed by atoms with Crippen molar-refractivity contribution in [3.8, 4) is 5.75 Å². The number of piperidine rings is 1. The molecule has 2 N–H and O–H groups in total. The SMILES string of the molecule is Fc1ccc(COc2cccc(/C=N/Nc3nc(Nc4ccccc4)nc(N4CCCCC4)n3)c2)cc1. The van der Waals surface area contributed by atoms with Crippen LogP contribution in [0.3, 0.4) is 0 Å². The van der Waals surface area contributed by atoms with Crippen molar-refractivity contribution in [2.45, 2.75) is 25.9 Å². The summed E-state index contributed by atoms with van der Waals surface area (Å²) in [6, 6.07) is 23.6. The van der Waals surface area contributed by atoms with E-state index in [-0.39, 0.29) is 5.82 Å². The van der Waals surface area contributed by atoms with Gasteiger partial charge in [0.05, 0.1) is 6.21 Å². The zero-order valence-corrected chi connectivity index (χ0v) is 20.3. The summed E-state index contributed by atoms with van der Waals surface area (Å²) in [7, 11) is 0. The molecule has 1 aromatic heterocycles. The van der Waals surface area contributed by atoms with Crippen LogP contribution in [-0.2, 0) is 6.61 Å². The highest BCUT2D eigenvalue weighted by Crippen LogP contribution is 2.21. The largest absolute Gasteiger partial charge is 0.489 e. The average molecular weight is 498 g/mol. The summed E-state index contributed by atoms with van der Waals surface area (Å²) >= 11 is 0. The Bertz CT molecular complexity index is 1330. The molecule has 0 amide bonds. The van der Waals surface area contributed by atoms with Gasteiger partial charge in [0.15, 0.2) is 0 Å². The van der Waals surface area contributed by atoms with Gasteiger partial charge in [0.2, 0.25) is 17.8 Å². The molecule has 0 unspecified atom stereocenters. The summed E-state index contributed by atoms with van der Waals surface area (Å²) in [6.07, 6.45) is 5.14. The predicted octanol–water partition coefficient (Wildman–Crippen LogP) is 5.77. The fraction of sp³-hybridized carbons (Fsp3) is 0.214. The number of anilines is 4. The van der Waals surface area contributed by atoms with Gasteiger partial charge in [-0.05, 0) is 66.8 Å². The Labute approximate surface area is 215 Å². The molecular formula is C28H28FN7O. The van der Waals surface area contributed by atoms with Crippen molar-refractivity contribution in [3.05, 3.63) is 95.8 Å². The third-order valence-electron chi connectivity index (χ3n) is 5.85. The molecule has 1 aliphatic heterocycles. The Morgan fingerprint density at radius 1 is 0.865 bits per heavy atom. The van der Waals surface area contributed by atoms with E-state index in [0.29, 0.717) is 30.2 Å². The van der Waals surface area contributed by atoms with Crippen molar-refractivity contribution < 1.29 is 9.13 Å². The maximum atomic E-state index is 13.1. The van der Waals surface area contributed by atoms with E-state index in [0.717, 1.165) is 42.7 Å². The van der Waals surface area contributed by atoms with Gasteiger partial charge in [0.25, 0.3) is 0 Å². The van der Waals surface area contributed by atoms with Gasteiger partial charge >= 0.3 is 0 Å². The number of benzene rings is 3. The second-order valence-electron chi connectivity index (χ2n) is 8.68. The Morgan fingerprint density at radius 2 is 1.65 bits per heavy atom. The molecule has 8 nitrogen and oxygen atoms in total. The summed E-state index contributed by atoms with van der Waals surface area (Å²) in [5.74, 6) is 1.86. The summed E-state index contributed by atoms with van der Waals surface area (Å²) in [4.78, 5) is 15.9. The van der Waals surface area contributed by atoms with Crippen molar-refractivity contribution in [2.24, 2.45) is 5.10 Å². The number of halogens is 1. The van der Waals surface area contributed by atoms with Gasteiger partial charge < -0.3 is 15.0 Å². The molecule has 188 valence electrons. The highest BCUT2D eigenvalue weighted by Gasteiger charge is 2.16. The summed E-state index contributed by atoms with van der Waals surface area (Å²) < 4.78 is 18.9. The van der Waals surface area contributed by atoms with Crippen molar-refractivity contribution in [1.29, 1.82) is 0 Å². The van der Waals surface area contributed by atoms with E-state index in [1.807, 2.05) is 54.6 Å². The molecular weight excluding hydrogens is 469 g/mol. The summed E-state index contributed by atoms with van der Waals surface area (Å²) in [5, 5.41) is 7.60. The summed E-state index contributed by atoms with van der Waals surface area (Å²) in [5.41, 5.74) is 5.57. The molecule has 9 heteroatoms. The molecule has 0 radical (unpaired) electrons. The Kier molecular flexibility index (Phi) is 7.80. The molecule has 0 atom stereocenters. The lowest BCUT2D eigenvalue weighted by molar-refractivity contribution is 0.306. The van der Waals surface area contributed by atoms with Crippen LogP contribution in [0.25, 0.3) is 0 Å². The standard InChI is InChI=1S/C28H28FN7O/c29-23-14-12-21(13-15-23)20-37-25-11-7-8-22(18-25)19-30-35-27-32-26(31-24-9-3-1-4-10-24)33-28(34-27)36-16-5-2-6-17-36/h1,3-4,7-15,18-19H,2,5-6,16-17,20H2,(H2,31,32,33,34,35)/b30-19+. The van der Waals surface area contributed by atoms with Crippen LogP contribution in [0.4, 0.5) is 27.9 Å². The van der Waals surface area contributed by atoms with E-state index in [1.54, 1.807) is 18.3 Å². The monoisotopic (exact) mass is 497 g/mol. The Balaban J connectivity index is 1.27. The smallest absolute Gasteiger partial charge is 0.250 e. The molecule has 3 aromatic carbocycles. The number of aromatic nitrogens is 3. The number of nitrogens with one attached hydrogen (secondary N) is 2. The quantitative estimate of drug-likeness (QED) is 0.224. The first-order valence-corrected chi connectivity index (χ1v) is 12.3. The third kappa shape index (κ3) is 7.00. The minimum absolute atomic E-state index is 0.265. The zero-order valence-electron chi connectivity index (χ0n) is 20.3. The fourth-order valence-corrected chi connectivity index (χ4v) is 3.95. The first-order chi connectivity index (χ1) is 18.2. The molecule has 1 aliphatic rings. The van der Waals surface area contributed by atoms with E-state index in [1.165, 1.54) is 18.6 Å². The fourth-order valence-electron chi connectivity index (χ4n) is 3.95. The second-order valence-corrected chi connectivity index (χ2v) is 8.68. The number of hydrazone groups is 1. The lowest BCUT2D eigenvalue weighted by Crippen LogP contribution is -2.31. The molecule has 0 bridgehead atoms. The maximum absolute atomic E-state index is 13.1. The van der Waals surface area contributed by atoms with Crippen molar-refractivity contribution in [1.82, 2.24) is 15.0 Å². The molecule has 37 heavy (non-hydrogen) atoms. The number of ether oxygens (including phenoxy) is 1. The van der Waals surface area contributed by atoms with E-state index in [4.69, 9.17) is 4.74 Å². The first-order valence-electron chi connectivity index (χ1n) is 12.3. The zero-order chi connectivity index (χ0) is 25.3. The molecule has 2 heterocycles. The lowest BCUT2D eigenvalue weighted by Gasteiger charge is -2.26. The molecule has 5 rings (SSSR count). The van der Waals surface area contributed by atoms with Gasteiger partial charge in [-0.3, -0.25) is 0 Å². The van der Waals surface area contributed by atoms with E-state index < -0.39 is 0 Å². The lowest BCUT2D eigenvalue weighted by atomic mass is 10.1. The minimum Gasteiger partial charge on any atom is -0.489 e. The molecule has 0 saturated carbocycles. The predicted molar refractivity (Wildman–Crippen MR) is 144 cm³/mol. The number of rotatable bonds is 9. The van der Waals surface area contributed by atoms with E-state index >= 15 is 0 Å². The van der Waals surface area contributed by atoms with Crippen molar-refractivity contribution in [2.75, 3.05) is 28.7 Å². The first kappa shape index (κ1) is 24.2. The van der Waals surface area contributed by atoms with Crippen LogP contribution in [0.2, 0.25) is 0 Å². The number of nitrogens with zero attached hydrogens (tertiary/aromatic N) is 5. The molecule has 4 aromatic rings. The average Bonchev–Trinajstić information content (AvgIpc) is 2.94. The van der Waals surface area contributed by atoms with Gasteiger partial charge in [0.1, 0.15) is 18.2 Å². The van der Waals surface area contributed by atoms with Crippen LogP contribution < -0.4 is 20.4 Å². The van der Waals surface area contributed by atoms with Gasteiger partial charge in [0, 0.05) is 18.8 Å². The Hall–Kier alpha value is -4.53.